The number of carbonyl (C=O) groups excluding carboxylic acids is 1. The molecule has 0 aliphatic rings. The topological polar surface area (TPSA) is 73.4 Å². The lowest BCUT2D eigenvalue weighted by molar-refractivity contribution is -0.127. The predicted molar refractivity (Wildman–Crippen MR) is 123 cm³/mol. The zero-order chi connectivity index (χ0) is 23.2. The third kappa shape index (κ3) is 5.61. The minimum Gasteiger partial charge on any atom is -0.483 e. The lowest BCUT2D eigenvalue weighted by Crippen LogP contribution is -2.27. The Kier molecular flexibility index (Phi) is 7.09. The molecule has 0 saturated heterocycles. The lowest BCUT2D eigenvalue weighted by atomic mass is 10.3. The van der Waals surface area contributed by atoms with Crippen molar-refractivity contribution in [1.29, 1.82) is 0 Å². The van der Waals surface area contributed by atoms with E-state index in [2.05, 4.69) is 10.2 Å². The van der Waals surface area contributed by atoms with Crippen molar-refractivity contribution in [2.45, 2.75) is 25.2 Å². The number of hydrogen-bond donors (Lipinski definition) is 0. The summed E-state index contributed by atoms with van der Waals surface area (Å²) in [5.41, 5.74) is 0.823. The molecule has 0 unspecified atom stereocenters. The van der Waals surface area contributed by atoms with Crippen molar-refractivity contribution in [3.63, 3.8) is 0 Å². The normalized spacial score (nSPS) is 10.9. The van der Waals surface area contributed by atoms with E-state index < -0.39 is 5.82 Å². The van der Waals surface area contributed by atoms with E-state index in [9.17, 15) is 9.18 Å². The summed E-state index contributed by atoms with van der Waals surface area (Å²) in [5.74, 6) is 1.84. The first-order chi connectivity index (χ1) is 16.0. The van der Waals surface area contributed by atoms with Gasteiger partial charge in [0.15, 0.2) is 22.5 Å². The second-order valence-electron chi connectivity index (χ2n) is 7.34. The van der Waals surface area contributed by atoms with E-state index in [0.29, 0.717) is 17.5 Å². The van der Waals surface area contributed by atoms with Crippen LogP contribution in [0, 0.1) is 12.7 Å². The Bertz CT molecular complexity index is 1230. The van der Waals surface area contributed by atoms with Crippen molar-refractivity contribution in [3.05, 3.63) is 89.9 Å². The van der Waals surface area contributed by atoms with Gasteiger partial charge >= 0.3 is 0 Å². The molecule has 0 spiro atoms. The van der Waals surface area contributed by atoms with Crippen molar-refractivity contribution in [3.8, 4) is 11.4 Å². The first kappa shape index (κ1) is 22.6. The molecular weight excluding hydrogens is 443 g/mol. The summed E-state index contributed by atoms with van der Waals surface area (Å²) in [6.45, 7) is 2.28. The zero-order valence-electron chi connectivity index (χ0n) is 18.3. The second kappa shape index (κ2) is 10.4. The van der Waals surface area contributed by atoms with Gasteiger partial charge in [0.2, 0.25) is 5.91 Å². The number of thioether (sulfide) groups is 1. The molecule has 4 aromatic rings. The third-order valence-corrected chi connectivity index (χ3v) is 5.76. The SMILES string of the molecule is Cc1ccc(CN(C)C(=O)CSc2nnc(COc3ccccc3F)n2-c2ccccc2)o1. The van der Waals surface area contributed by atoms with Crippen LogP contribution in [0.25, 0.3) is 5.69 Å². The minimum absolute atomic E-state index is 0.0229. The molecule has 4 rings (SSSR count). The van der Waals surface area contributed by atoms with E-state index in [1.165, 1.54) is 17.8 Å². The average molecular weight is 467 g/mol. The summed E-state index contributed by atoms with van der Waals surface area (Å²) >= 11 is 1.28. The van der Waals surface area contributed by atoms with E-state index in [-0.39, 0.29) is 24.0 Å². The van der Waals surface area contributed by atoms with Crippen LogP contribution in [-0.2, 0) is 17.9 Å². The molecule has 0 radical (unpaired) electrons. The Morgan fingerprint density at radius 2 is 1.85 bits per heavy atom. The van der Waals surface area contributed by atoms with Crippen molar-refractivity contribution in [2.24, 2.45) is 0 Å². The minimum atomic E-state index is -0.446. The number of furan rings is 1. The third-order valence-electron chi connectivity index (χ3n) is 4.85. The summed E-state index contributed by atoms with van der Waals surface area (Å²) in [5, 5.41) is 9.04. The van der Waals surface area contributed by atoms with Crippen LogP contribution >= 0.6 is 11.8 Å². The smallest absolute Gasteiger partial charge is 0.233 e. The fourth-order valence-electron chi connectivity index (χ4n) is 3.16. The molecule has 170 valence electrons. The van der Waals surface area contributed by atoms with Crippen LogP contribution in [0.2, 0.25) is 0 Å². The number of hydrogen-bond acceptors (Lipinski definition) is 6. The monoisotopic (exact) mass is 466 g/mol. The Hall–Kier alpha value is -3.59. The Balaban J connectivity index is 1.48. The van der Waals surface area contributed by atoms with Gasteiger partial charge in [0.05, 0.1) is 12.3 Å². The van der Waals surface area contributed by atoms with Crippen molar-refractivity contribution < 1.29 is 18.3 Å². The Morgan fingerprint density at radius 1 is 1.09 bits per heavy atom. The number of aromatic nitrogens is 3. The van der Waals surface area contributed by atoms with Crippen LogP contribution in [0.5, 0.6) is 5.75 Å². The molecule has 0 aliphatic carbocycles. The second-order valence-corrected chi connectivity index (χ2v) is 8.28. The van der Waals surface area contributed by atoms with Gasteiger partial charge in [-0.15, -0.1) is 10.2 Å². The highest BCUT2D eigenvalue weighted by Gasteiger charge is 2.18. The largest absolute Gasteiger partial charge is 0.483 e. The van der Waals surface area contributed by atoms with E-state index in [1.54, 1.807) is 30.1 Å². The molecule has 9 heteroatoms. The number of carbonyl (C=O) groups is 1. The van der Waals surface area contributed by atoms with Gasteiger partial charge in [-0.1, -0.05) is 42.1 Å². The number of halogens is 1. The summed E-state index contributed by atoms with van der Waals surface area (Å²) < 4.78 is 26.9. The molecule has 2 aromatic carbocycles. The average Bonchev–Trinajstić information content (AvgIpc) is 3.42. The lowest BCUT2D eigenvalue weighted by Gasteiger charge is -2.16. The molecule has 0 aliphatic heterocycles. The van der Waals surface area contributed by atoms with E-state index in [4.69, 9.17) is 9.15 Å². The molecule has 0 fully saturated rings. The standard InChI is InChI=1S/C24H23FN4O3S/c1-17-12-13-19(32-17)14-28(2)23(30)16-33-24-27-26-22(29(24)18-8-4-3-5-9-18)15-31-21-11-7-6-10-20(21)25/h3-13H,14-16H2,1-2H3. The van der Waals surface area contributed by atoms with E-state index >= 15 is 0 Å². The van der Waals surface area contributed by atoms with Gasteiger partial charge in [-0.05, 0) is 43.3 Å². The highest BCUT2D eigenvalue weighted by Crippen LogP contribution is 2.24. The summed E-state index contributed by atoms with van der Waals surface area (Å²) in [6, 6.07) is 19.5. The Labute approximate surface area is 195 Å². The maximum absolute atomic E-state index is 13.9. The van der Waals surface area contributed by atoms with Gasteiger partial charge in [0.1, 0.15) is 18.1 Å². The molecule has 33 heavy (non-hydrogen) atoms. The molecule has 0 atom stereocenters. The van der Waals surface area contributed by atoms with Gasteiger partial charge < -0.3 is 14.1 Å². The number of nitrogens with zero attached hydrogens (tertiary/aromatic N) is 4. The molecule has 0 N–H and O–H groups in total. The van der Waals surface area contributed by atoms with Crippen LogP contribution in [0.3, 0.4) is 0 Å². The number of rotatable bonds is 9. The molecular formula is C24H23FN4O3S. The van der Waals surface area contributed by atoms with Crippen LogP contribution in [0.4, 0.5) is 4.39 Å². The molecule has 2 aromatic heterocycles. The Morgan fingerprint density at radius 3 is 2.58 bits per heavy atom. The number of ether oxygens (including phenoxy) is 1. The number of aryl methyl sites for hydroxylation is 1. The predicted octanol–water partition coefficient (Wildman–Crippen LogP) is 4.64. The number of benzene rings is 2. The quantitative estimate of drug-likeness (QED) is 0.335. The zero-order valence-corrected chi connectivity index (χ0v) is 19.1. The molecule has 7 nitrogen and oxygen atoms in total. The summed E-state index contributed by atoms with van der Waals surface area (Å²) in [6.07, 6.45) is 0. The van der Waals surface area contributed by atoms with Crippen molar-refractivity contribution >= 4 is 17.7 Å². The summed E-state index contributed by atoms with van der Waals surface area (Å²) in [7, 11) is 1.73. The molecule has 2 heterocycles. The number of amides is 1. The van der Waals surface area contributed by atoms with Gasteiger partial charge in [0.25, 0.3) is 0 Å². The fraction of sp³-hybridized carbons (Fsp3) is 0.208. The van der Waals surface area contributed by atoms with E-state index in [0.717, 1.165) is 17.2 Å². The van der Waals surface area contributed by atoms with Crippen LogP contribution in [0.1, 0.15) is 17.3 Å². The maximum atomic E-state index is 13.9. The van der Waals surface area contributed by atoms with Crippen LogP contribution in [0.15, 0.2) is 76.3 Å². The molecule has 1 amide bonds. The molecule has 0 saturated carbocycles. The highest BCUT2D eigenvalue weighted by molar-refractivity contribution is 7.99. The van der Waals surface area contributed by atoms with Gasteiger partial charge in [0, 0.05) is 12.7 Å². The van der Waals surface area contributed by atoms with Crippen LogP contribution in [-0.4, -0.2) is 38.4 Å². The van der Waals surface area contributed by atoms with Gasteiger partial charge in [-0.25, -0.2) is 4.39 Å². The van der Waals surface area contributed by atoms with Gasteiger partial charge in [-0.3, -0.25) is 9.36 Å². The first-order valence-electron chi connectivity index (χ1n) is 10.3. The summed E-state index contributed by atoms with van der Waals surface area (Å²) in [4.78, 5) is 14.3. The first-order valence-corrected chi connectivity index (χ1v) is 11.3. The maximum Gasteiger partial charge on any atom is 0.233 e. The van der Waals surface area contributed by atoms with Crippen molar-refractivity contribution in [2.75, 3.05) is 12.8 Å². The van der Waals surface area contributed by atoms with E-state index in [1.807, 2.05) is 54.0 Å². The van der Waals surface area contributed by atoms with Crippen LogP contribution < -0.4 is 4.74 Å². The van der Waals surface area contributed by atoms with Gasteiger partial charge in [-0.2, -0.15) is 0 Å². The fourth-order valence-corrected chi connectivity index (χ4v) is 4.07. The highest BCUT2D eigenvalue weighted by atomic mass is 32.2. The van der Waals surface area contributed by atoms with Crippen molar-refractivity contribution in [1.82, 2.24) is 19.7 Å². The number of para-hydroxylation sites is 2. The molecule has 0 bridgehead atoms.